The summed E-state index contributed by atoms with van der Waals surface area (Å²) in [4.78, 5) is 20.8. The number of H-pyrrole nitrogens is 1. The molecule has 2 rings (SSSR count). The van der Waals surface area contributed by atoms with Crippen molar-refractivity contribution in [3.8, 4) is 0 Å². The third-order valence-electron chi connectivity index (χ3n) is 2.69. The highest BCUT2D eigenvalue weighted by Crippen LogP contribution is 2.16. The monoisotopic (exact) mass is 244 g/mol. The number of hydrogen-bond acceptors (Lipinski definition) is 3. The third-order valence-corrected chi connectivity index (χ3v) is 2.69. The van der Waals surface area contributed by atoms with Crippen LogP contribution in [0.1, 0.15) is 16.2 Å². The average molecular weight is 244 g/mol. The van der Waals surface area contributed by atoms with Crippen molar-refractivity contribution in [2.75, 3.05) is 24.3 Å². The Balaban J connectivity index is 2.10. The van der Waals surface area contributed by atoms with Gasteiger partial charge in [-0.15, -0.1) is 0 Å². The predicted octanol–water partition coefficient (Wildman–Crippen LogP) is 2.04. The van der Waals surface area contributed by atoms with Crippen LogP contribution in [0.4, 0.5) is 11.4 Å². The van der Waals surface area contributed by atoms with Gasteiger partial charge in [-0.05, 0) is 31.2 Å². The molecule has 0 atom stereocenters. The van der Waals surface area contributed by atoms with E-state index in [-0.39, 0.29) is 5.91 Å². The number of aromatic nitrogens is 2. The number of nitrogens with zero attached hydrogens (tertiary/aromatic N) is 2. The molecule has 5 heteroatoms. The Morgan fingerprint density at radius 2 is 1.94 bits per heavy atom. The van der Waals surface area contributed by atoms with E-state index in [1.807, 2.05) is 50.2 Å². The van der Waals surface area contributed by atoms with E-state index in [1.165, 1.54) is 6.33 Å². The molecule has 18 heavy (non-hydrogen) atoms. The molecule has 0 aliphatic heterocycles. The van der Waals surface area contributed by atoms with Crippen LogP contribution in [0.2, 0.25) is 0 Å². The minimum absolute atomic E-state index is 0.202. The van der Waals surface area contributed by atoms with Crippen molar-refractivity contribution in [3.05, 3.63) is 42.0 Å². The summed E-state index contributed by atoms with van der Waals surface area (Å²) in [7, 11) is 3.95. The molecule has 5 nitrogen and oxygen atoms in total. The maximum Gasteiger partial charge on any atom is 0.276 e. The van der Waals surface area contributed by atoms with Crippen LogP contribution in [-0.4, -0.2) is 30.0 Å². The van der Waals surface area contributed by atoms with Crippen molar-refractivity contribution in [1.82, 2.24) is 9.97 Å². The average Bonchev–Trinajstić information content (AvgIpc) is 2.76. The normalized spacial score (nSPS) is 10.2. The molecule has 1 amide bonds. The number of hydrogen-bond donors (Lipinski definition) is 2. The van der Waals surface area contributed by atoms with E-state index in [4.69, 9.17) is 0 Å². The summed E-state index contributed by atoms with van der Waals surface area (Å²) < 4.78 is 0. The van der Waals surface area contributed by atoms with Crippen LogP contribution < -0.4 is 10.2 Å². The third kappa shape index (κ3) is 2.51. The lowest BCUT2D eigenvalue weighted by Crippen LogP contribution is -2.14. The highest BCUT2D eigenvalue weighted by Gasteiger charge is 2.11. The maximum absolute atomic E-state index is 11.9. The van der Waals surface area contributed by atoms with Gasteiger partial charge in [-0.2, -0.15) is 0 Å². The number of carbonyl (C=O) groups excluding carboxylic acids is 1. The fourth-order valence-electron chi connectivity index (χ4n) is 1.62. The fraction of sp³-hybridized carbons (Fsp3) is 0.231. The lowest BCUT2D eigenvalue weighted by molar-refractivity contribution is 0.102. The van der Waals surface area contributed by atoms with Gasteiger partial charge < -0.3 is 15.2 Å². The van der Waals surface area contributed by atoms with Crippen molar-refractivity contribution in [2.45, 2.75) is 6.92 Å². The second kappa shape index (κ2) is 4.91. The molecule has 94 valence electrons. The van der Waals surface area contributed by atoms with E-state index in [0.717, 1.165) is 17.1 Å². The van der Waals surface area contributed by atoms with Crippen LogP contribution in [0.5, 0.6) is 0 Å². The van der Waals surface area contributed by atoms with Gasteiger partial charge in [-0.3, -0.25) is 4.79 Å². The maximum atomic E-state index is 11.9. The van der Waals surface area contributed by atoms with E-state index < -0.39 is 0 Å². The number of carbonyl (C=O) groups is 1. The Labute approximate surface area is 106 Å². The number of anilines is 2. The van der Waals surface area contributed by atoms with Crippen molar-refractivity contribution in [1.29, 1.82) is 0 Å². The molecule has 0 aliphatic rings. The van der Waals surface area contributed by atoms with E-state index in [1.54, 1.807) is 0 Å². The molecule has 0 fully saturated rings. The molecule has 1 heterocycles. The van der Waals surface area contributed by atoms with Crippen molar-refractivity contribution >= 4 is 17.3 Å². The van der Waals surface area contributed by atoms with Crippen LogP contribution in [0, 0.1) is 6.92 Å². The molecule has 0 radical (unpaired) electrons. The van der Waals surface area contributed by atoms with Gasteiger partial charge >= 0.3 is 0 Å². The summed E-state index contributed by atoms with van der Waals surface area (Å²) in [5, 5.41) is 2.81. The molecule has 0 bridgehead atoms. The van der Waals surface area contributed by atoms with Gasteiger partial charge in [0.1, 0.15) is 5.69 Å². The van der Waals surface area contributed by atoms with Crippen LogP contribution in [0.3, 0.4) is 0 Å². The Hall–Kier alpha value is -2.30. The lowest BCUT2D eigenvalue weighted by atomic mass is 10.2. The summed E-state index contributed by atoms with van der Waals surface area (Å²) in [5.74, 6) is -0.202. The van der Waals surface area contributed by atoms with Gasteiger partial charge in [-0.1, -0.05) is 0 Å². The van der Waals surface area contributed by atoms with Crippen LogP contribution in [0.15, 0.2) is 30.6 Å². The first kappa shape index (κ1) is 12.2. The number of aryl methyl sites for hydroxylation is 1. The molecule has 0 saturated heterocycles. The van der Waals surface area contributed by atoms with E-state index in [9.17, 15) is 4.79 Å². The minimum atomic E-state index is -0.202. The number of amides is 1. The molecular formula is C13H16N4O. The van der Waals surface area contributed by atoms with Crippen LogP contribution in [-0.2, 0) is 0 Å². The summed E-state index contributed by atoms with van der Waals surface area (Å²) in [6.45, 7) is 1.82. The molecule has 2 N–H and O–H groups in total. The van der Waals surface area contributed by atoms with Crippen LogP contribution in [0.25, 0.3) is 0 Å². The number of benzene rings is 1. The Morgan fingerprint density at radius 1 is 1.28 bits per heavy atom. The fourth-order valence-corrected chi connectivity index (χ4v) is 1.62. The summed E-state index contributed by atoms with van der Waals surface area (Å²) >= 11 is 0. The topological polar surface area (TPSA) is 61.0 Å². The zero-order valence-electron chi connectivity index (χ0n) is 10.7. The van der Waals surface area contributed by atoms with E-state index in [2.05, 4.69) is 15.3 Å². The lowest BCUT2D eigenvalue weighted by Gasteiger charge is -2.12. The summed E-state index contributed by atoms with van der Waals surface area (Å²) in [6, 6.07) is 7.64. The first-order valence-electron chi connectivity index (χ1n) is 5.66. The number of nitrogens with one attached hydrogen (secondary N) is 2. The number of rotatable bonds is 3. The minimum Gasteiger partial charge on any atom is -0.378 e. The van der Waals surface area contributed by atoms with Crippen molar-refractivity contribution in [3.63, 3.8) is 0 Å². The molecule has 0 saturated carbocycles. The summed E-state index contributed by atoms with van der Waals surface area (Å²) in [5.41, 5.74) is 3.03. The van der Waals surface area contributed by atoms with Crippen molar-refractivity contribution in [2.24, 2.45) is 0 Å². The molecule has 0 aliphatic carbocycles. The highest BCUT2D eigenvalue weighted by molar-refractivity contribution is 6.03. The Morgan fingerprint density at radius 3 is 2.44 bits per heavy atom. The number of aromatic amines is 1. The van der Waals surface area contributed by atoms with Crippen LogP contribution >= 0.6 is 0 Å². The van der Waals surface area contributed by atoms with Gasteiger partial charge in [0.25, 0.3) is 5.91 Å². The van der Waals surface area contributed by atoms with Gasteiger partial charge in [0.05, 0.1) is 6.33 Å². The smallest absolute Gasteiger partial charge is 0.276 e. The second-order valence-electron chi connectivity index (χ2n) is 4.27. The molecular weight excluding hydrogens is 228 g/mol. The number of imidazole rings is 1. The molecule has 2 aromatic rings. The molecule has 0 spiro atoms. The largest absolute Gasteiger partial charge is 0.378 e. The Bertz CT molecular complexity index is 542. The first-order valence-corrected chi connectivity index (χ1v) is 5.66. The standard InChI is InChI=1S/C13H16N4O/c1-9-12(15-8-14-9)13(18)16-10-4-6-11(7-5-10)17(2)3/h4-8H,1-3H3,(H,14,15)(H,16,18). The first-order chi connectivity index (χ1) is 8.58. The second-order valence-corrected chi connectivity index (χ2v) is 4.27. The Kier molecular flexibility index (Phi) is 3.32. The van der Waals surface area contributed by atoms with Crippen molar-refractivity contribution < 1.29 is 4.79 Å². The summed E-state index contributed by atoms with van der Waals surface area (Å²) in [6.07, 6.45) is 1.51. The molecule has 0 unspecified atom stereocenters. The van der Waals surface area contributed by atoms with Gasteiger partial charge in [0.15, 0.2) is 0 Å². The van der Waals surface area contributed by atoms with E-state index >= 15 is 0 Å². The SMILES string of the molecule is Cc1[nH]cnc1C(=O)Nc1ccc(N(C)C)cc1. The molecule has 1 aromatic carbocycles. The predicted molar refractivity (Wildman–Crippen MR) is 72.0 cm³/mol. The zero-order valence-corrected chi connectivity index (χ0v) is 10.7. The quantitative estimate of drug-likeness (QED) is 0.868. The molecule has 1 aromatic heterocycles. The van der Waals surface area contributed by atoms with Gasteiger partial charge in [0.2, 0.25) is 0 Å². The highest BCUT2D eigenvalue weighted by atomic mass is 16.1. The van der Waals surface area contributed by atoms with E-state index in [0.29, 0.717) is 5.69 Å². The van der Waals surface area contributed by atoms with Gasteiger partial charge in [-0.25, -0.2) is 4.98 Å². The van der Waals surface area contributed by atoms with Gasteiger partial charge in [0, 0.05) is 31.2 Å². The zero-order chi connectivity index (χ0) is 13.1.